The Hall–Kier alpha value is -3.17. The largest absolute Gasteiger partial charge is 0.496 e. The van der Waals surface area contributed by atoms with E-state index in [1.54, 1.807) is 48.5 Å². The highest BCUT2D eigenvalue weighted by atomic mass is 35.5. The molecule has 0 bridgehead atoms. The second-order valence-corrected chi connectivity index (χ2v) is 9.54. The molecule has 0 saturated carbocycles. The van der Waals surface area contributed by atoms with Crippen LogP contribution in [0.15, 0.2) is 75.2 Å². The summed E-state index contributed by atoms with van der Waals surface area (Å²) in [6, 6.07) is 17.1. The van der Waals surface area contributed by atoms with E-state index in [1.807, 2.05) is 12.1 Å². The van der Waals surface area contributed by atoms with Crippen LogP contribution >= 0.6 is 46.6 Å². The zero-order valence-electron chi connectivity index (χ0n) is 18.6. The van der Waals surface area contributed by atoms with Gasteiger partial charge in [-0.05, 0) is 71.9 Å². The van der Waals surface area contributed by atoms with E-state index in [-0.39, 0.29) is 22.6 Å². The first-order chi connectivity index (χ1) is 17.3. The summed E-state index contributed by atoms with van der Waals surface area (Å²) < 4.78 is 16.9. The predicted molar refractivity (Wildman–Crippen MR) is 140 cm³/mol. The molecule has 0 radical (unpaired) electrons. The average molecular weight is 564 g/mol. The van der Waals surface area contributed by atoms with E-state index >= 15 is 0 Å². The summed E-state index contributed by atoms with van der Waals surface area (Å²) in [5.41, 5.74) is 1.80. The van der Waals surface area contributed by atoms with Gasteiger partial charge in [-0.15, -0.1) is 10.2 Å². The minimum absolute atomic E-state index is 0.0177. The summed E-state index contributed by atoms with van der Waals surface area (Å²) >= 11 is 19.1. The minimum atomic E-state index is -1.19. The molecule has 36 heavy (non-hydrogen) atoms. The van der Waals surface area contributed by atoms with Crippen LogP contribution in [-0.4, -0.2) is 28.4 Å². The van der Waals surface area contributed by atoms with Gasteiger partial charge in [0.25, 0.3) is 11.1 Å². The second kappa shape index (κ2) is 11.7. The van der Waals surface area contributed by atoms with E-state index in [4.69, 9.17) is 48.7 Å². The number of carbonyl (C=O) groups is 1. The molecule has 0 aliphatic carbocycles. The number of halogens is 3. The van der Waals surface area contributed by atoms with E-state index in [2.05, 4.69) is 10.2 Å². The lowest BCUT2D eigenvalue weighted by molar-refractivity contribution is -0.131. The summed E-state index contributed by atoms with van der Waals surface area (Å²) in [5.74, 6) is -0.140. The molecule has 1 aromatic heterocycles. The van der Waals surface area contributed by atoms with Crippen LogP contribution in [0.4, 0.5) is 0 Å². The highest BCUT2D eigenvalue weighted by Gasteiger charge is 2.19. The molecule has 4 rings (SSSR count). The Balaban J connectivity index is 1.60. The zero-order chi connectivity index (χ0) is 25.7. The maximum Gasteiger partial charge on any atom is 0.342 e. The van der Waals surface area contributed by atoms with Crippen LogP contribution < -0.4 is 9.47 Å². The van der Waals surface area contributed by atoms with Crippen molar-refractivity contribution >= 4 is 58.6 Å². The number of aromatic nitrogens is 2. The standard InChI is InChI=1S/C25H17Cl3N2O5S/c1-33-21-8-6-18(28)12-19(21)23-29-30-25(35-23)36-22(24(31)32)11-15-10-17(27)5-7-20(15)34-13-14-3-2-4-16(26)9-14/h2-12H,13H2,1H3,(H,31,32)/b22-11-. The molecule has 7 nitrogen and oxygen atoms in total. The van der Waals surface area contributed by atoms with Crippen LogP contribution in [0.2, 0.25) is 15.1 Å². The summed E-state index contributed by atoms with van der Waals surface area (Å²) in [6.45, 7) is 0.229. The minimum Gasteiger partial charge on any atom is -0.496 e. The van der Waals surface area contributed by atoms with E-state index in [9.17, 15) is 9.90 Å². The van der Waals surface area contributed by atoms with Gasteiger partial charge in [-0.2, -0.15) is 0 Å². The van der Waals surface area contributed by atoms with Crippen LogP contribution in [-0.2, 0) is 11.4 Å². The van der Waals surface area contributed by atoms with Crippen molar-refractivity contribution < 1.29 is 23.8 Å². The third-order valence-corrected chi connectivity index (χ3v) is 6.31. The van der Waals surface area contributed by atoms with Crippen LogP contribution in [0.5, 0.6) is 11.5 Å². The molecular weight excluding hydrogens is 547 g/mol. The van der Waals surface area contributed by atoms with Crippen molar-refractivity contribution in [3.05, 3.63) is 91.8 Å². The van der Waals surface area contributed by atoms with E-state index in [0.717, 1.165) is 17.3 Å². The molecule has 1 N–H and O–H groups in total. The smallest absolute Gasteiger partial charge is 0.342 e. The highest BCUT2D eigenvalue weighted by molar-refractivity contribution is 8.03. The second-order valence-electron chi connectivity index (χ2n) is 7.23. The summed E-state index contributed by atoms with van der Waals surface area (Å²) in [7, 11) is 1.50. The zero-order valence-corrected chi connectivity index (χ0v) is 21.7. The molecule has 0 unspecified atom stereocenters. The molecule has 4 aromatic rings. The Morgan fingerprint density at radius 2 is 1.72 bits per heavy atom. The maximum absolute atomic E-state index is 12.0. The molecule has 0 saturated heterocycles. The van der Waals surface area contributed by atoms with E-state index in [1.165, 1.54) is 13.2 Å². The molecule has 0 spiro atoms. The average Bonchev–Trinajstić information content (AvgIpc) is 3.31. The van der Waals surface area contributed by atoms with Crippen LogP contribution in [0.25, 0.3) is 17.5 Å². The maximum atomic E-state index is 12.0. The van der Waals surface area contributed by atoms with Gasteiger partial charge >= 0.3 is 5.97 Å². The number of carboxylic acids is 1. The quantitative estimate of drug-likeness (QED) is 0.165. The molecule has 11 heteroatoms. The van der Waals surface area contributed by atoms with Crippen molar-refractivity contribution in [2.24, 2.45) is 0 Å². The predicted octanol–water partition coefficient (Wildman–Crippen LogP) is 7.50. The Morgan fingerprint density at radius 3 is 2.44 bits per heavy atom. The fraction of sp³-hybridized carbons (Fsp3) is 0.0800. The van der Waals surface area contributed by atoms with Crippen molar-refractivity contribution in [3.63, 3.8) is 0 Å². The van der Waals surface area contributed by atoms with Crippen LogP contribution in [0, 0.1) is 0 Å². The molecule has 0 atom stereocenters. The fourth-order valence-corrected chi connectivity index (χ4v) is 4.36. The lowest BCUT2D eigenvalue weighted by Crippen LogP contribution is -1.99. The third-order valence-electron chi connectivity index (χ3n) is 4.75. The molecule has 0 fully saturated rings. The number of nitrogens with zero attached hydrogens (tertiary/aromatic N) is 2. The van der Waals surface area contributed by atoms with Crippen molar-refractivity contribution in [3.8, 4) is 23.0 Å². The third kappa shape index (κ3) is 6.53. The monoisotopic (exact) mass is 562 g/mol. The van der Waals surface area contributed by atoms with Crippen molar-refractivity contribution in [2.75, 3.05) is 7.11 Å². The Morgan fingerprint density at radius 1 is 1.00 bits per heavy atom. The number of thioether (sulfide) groups is 1. The van der Waals surface area contributed by atoms with Gasteiger partial charge in [0, 0.05) is 20.6 Å². The first-order valence-corrected chi connectivity index (χ1v) is 12.2. The lowest BCUT2D eigenvalue weighted by Gasteiger charge is -2.11. The van der Waals surface area contributed by atoms with Gasteiger partial charge in [0.2, 0.25) is 0 Å². The van der Waals surface area contributed by atoms with Gasteiger partial charge in [-0.25, -0.2) is 4.79 Å². The first kappa shape index (κ1) is 25.9. The summed E-state index contributed by atoms with van der Waals surface area (Å²) in [4.78, 5) is 12.0. The molecule has 184 valence electrons. The van der Waals surface area contributed by atoms with Crippen LogP contribution in [0.3, 0.4) is 0 Å². The van der Waals surface area contributed by atoms with Crippen molar-refractivity contribution in [1.82, 2.24) is 10.2 Å². The topological polar surface area (TPSA) is 94.7 Å². The van der Waals surface area contributed by atoms with E-state index in [0.29, 0.717) is 37.7 Å². The van der Waals surface area contributed by atoms with Gasteiger partial charge < -0.3 is 19.0 Å². The number of benzene rings is 3. The normalized spacial score (nSPS) is 11.4. The molecule has 1 heterocycles. The highest BCUT2D eigenvalue weighted by Crippen LogP contribution is 2.36. The van der Waals surface area contributed by atoms with Crippen molar-refractivity contribution in [1.29, 1.82) is 0 Å². The van der Waals surface area contributed by atoms with Gasteiger partial charge in [0.05, 0.1) is 12.7 Å². The first-order valence-electron chi connectivity index (χ1n) is 10.3. The van der Waals surface area contributed by atoms with E-state index < -0.39 is 5.97 Å². The number of methoxy groups -OCH3 is 1. The summed E-state index contributed by atoms with van der Waals surface area (Å²) in [6.07, 6.45) is 1.43. The SMILES string of the molecule is COc1ccc(Cl)cc1-c1nnc(S/C(=C\c2cc(Cl)ccc2OCc2cccc(Cl)c2)C(=O)O)o1. The molecule has 0 aliphatic heterocycles. The van der Waals surface area contributed by atoms with Gasteiger partial charge in [-0.1, -0.05) is 46.9 Å². The number of hydrogen-bond donors (Lipinski definition) is 1. The number of aliphatic carboxylic acids is 1. The van der Waals surface area contributed by atoms with Gasteiger partial charge in [-0.3, -0.25) is 0 Å². The number of ether oxygens (including phenoxy) is 2. The molecular formula is C25H17Cl3N2O5S. The lowest BCUT2D eigenvalue weighted by atomic mass is 10.2. The Labute approximate surface area is 225 Å². The van der Waals surface area contributed by atoms with Gasteiger partial charge in [0.1, 0.15) is 23.0 Å². The fourth-order valence-electron chi connectivity index (χ4n) is 3.13. The number of carboxylic acid groups (broad SMARTS) is 1. The number of hydrogen-bond acceptors (Lipinski definition) is 7. The molecule has 0 aliphatic rings. The molecule has 0 amide bonds. The Bertz CT molecular complexity index is 1440. The van der Waals surface area contributed by atoms with Gasteiger partial charge in [0.15, 0.2) is 0 Å². The Kier molecular flexibility index (Phi) is 8.43. The summed E-state index contributed by atoms with van der Waals surface area (Å²) in [5, 5.41) is 19.3. The van der Waals surface area contributed by atoms with Crippen LogP contribution in [0.1, 0.15) is 11.1 Å². The number of rotatable bonds is 9. The molecule has 3 aromatic carbocycles. The van der Waals surface area contributed by atoms with Crippen molar-refractivity contribution in [2.45, 2.75) is 11.8 Å².